The second-order valence-corrected chi connectivity index (χ2v) is 4.41. The Morgan fingerprint density at radius 2 is 2.11 bits per heavy atom. The number of amides is 1. The van der Waals surface area contributed by atoms with Crippen LogP contribution in [0.25, 0.3) is 0 Å². The molecular weight excluding hydrogens is 268 g/mol. The molecule has 5 nitrogen and oxygen atoms in total. The third-order valence-electron chi connectivity index (χ3n) is 2.96. The van der Waals surface area contributed by atoms with Gasteiger partial charge >= 0.3 is 0 Å². The molecule has 0 aromatic heterocycles. The van der Waals surface area contributed by atoms with Crippen molar-refractivity contribution < 1.29 is 14.3 Å². The van der Waals surface area contributed by atoms with Crippen molar-refractivity contribution in [2.45, 2.75) is 25.3 Å². The molecule has 0 saturated heterocycles. The van der Waals surface area contributed by atoms with Crippen LogP contribution < -0.4 is 20.5 Å². The van der Waals surface area contributed by atoms with Gasteiger partial charge in [-0.25, -0.2) is 0 Å². The summed E-state index contributed by atoms with van der Waals surface area (Å²) < 4.78 is 10.6. The van der Waals surface area contributed by atoms with Gasteiger partial charge in [-0.15, -0.1) is 12.4 Å². The highest BCUT2D eigenvalue weighted by Gasteiger charge is 2.45. The third-order valence-corrected chi connectivity index (χ3v) is 2.96. The zero-order chi connectivity index (χ0) is 13.2. The number of halogens is 1. The van der Waals surface area contributed by atoms with E-state index < -0.39 is 5.54 Å². The second-order valence-electron chi connectivity index (χ2n) is 4.41. The molecule has 0 heterocycles. The number of anilines is 1. The van der Waals surface area contributed by atoms with Crippen molar-refractivity contribution in [3.63, 3.8) is 0 Å². The SMILES string of the molecule is CCOc1cc(NC(=O)C2(N)CC2)ccc1OC.Cl. The molecule has 1 aliphatic rings. The summed E-state index contributed by atoms with van der Waals surface area (Å²) in [5, 5.41) is 2.79. The fourth-order valence-corrected chi connectivity index (χ4v) is 1.64. The van der Waals surface area contributed by atoms with Crippen molar-refractivity contribution in [1.29, 1.82) is 0 Å². The fourth-order valence-electron chi connectivity index (χ4n) is 1.64. The molecule has 6 heteroatoms. The fraction of sp³-hybridized carbons (Fsp3) is 0.462. The molecule has 1 aromatic rings. The Morgan fingerprint density at radius 1 is 1.42 bits per heavy atom. The first-order valence-corrected chi connectivity index (χ1v) is 6.00. The Bertz CT molecular complexity index is 461. The minimum atomic E-state index is -0.675. The molecule has 19 heavy (non-hydrogen) atoms. The summed E-state index contributed by atoms with van der Waals surface area (Å²) in [6.45, 7) is 2.43. The predicted molar refractivity (Wildman–Crippen MR) is 76.2 cm³/mol. The normalized spacial score (nSPS) is 15.1. The number of nitrogens with two attached hydrogens (primary N) is 1. The highest BCUT2D eigenvalue weighted by molar-refractivity contribution is 6.00. The molecule has 1 fully saturated rings. The number of benzene rings is 1. The molecule has 3 N–H and O–H groups in total. The second kappa shape index (κ2) is 6.12. The van der Waals surface area contributed by atoms with Crippen molar-refractivity contribution in [3.8, 4) is 11.5 Å². The van der Waals surface area contributed by atoms with Crippen LogP contribution in [0, 0.1) is 0 Å². The van der Waals surface area contributed by atoms with Gasteiger partial charge in [-0.2, -0.15) is 0 Å². The zero-order valence-corrected chi connectivity index (χ0v) is 11.9. The van der Waals surface area contributed by atoms with Crippen molar-refractivity contribution >= 4 is 24.0 Å². The van der Waals surface area contributed by atoms with E-state index >= 15 is 0 Å². The van der Waals surface area contributed by atoms with E-state index in [1.165, 1.54) is 0 Å². The van der Waals surface area contributed by atoms with Crippen LogP contribution in [0.4, 0.5) is 5.69 Å². The van der Waals surface area contributed by atoms with Crippen molar-refractivity contribution in [2.24, 2.45) is 5.73 Å². The Morgan fingerprint density at radius 3 is 2.63 bits per heavy atom. The van der Waals surface area contributed by atoms with E-state index in [1.807, 2.05) is 6.92 Å². The largest absolute Gasteiger partial charge is 0.493 e. The maximum absolute atomic E-state index is 11.8. The van der Waals surface area contributed by atoms with Crippen LogP contribution in [0.2, 0.25) is 0 Å². The Kier molecular flexibility index (Phi) is 5.03. The summed E-state index contributed by atoms with van der Waals surface area (Å²) in [6.07, 6.45) is 1.49. The van der Waals surface area contributed by atoms with Gasteiger partial charge in [0, 0.05) is 11.8 Å². The number of nitrogens with one attached hydrogen (secondary N) is 1. The van der Waals surface area contributed by atoms with Crippen LogP contribution in [0.1, 0.15) is 19.8 Å². The van der Waals surface area contributed by atoms with Gasteiger partial charge in [0.2, 0.25) is 5.91 Å². The Hall–Kier alpha value is -1.46. The summed E-state index contributed by atoms with van der Waals surface area (Å²) in [7, 11) is 1.58. The van der Waals surface area contributed by atoms with Gasteiger partial charge in [-0.3, -0.25) is 4.79 Å². The lowest BCUT2D eigenvalue weighted by molar-refractivity contribution is -0.118. The van der Waals surface area contributed by atoms with Gasteiger partial charge in [0.15, 0.2) is 11.5 Å². The maximum Gasteiger partial charge on any atom is 0.244 e. The number of hydrogen-bond acceptors (Lipinski definition) is 4. The first kappa shape index (κ1) is 15.6. The molecule has 0 spiro atoms. The molecule has 0 aliphatic heterocycles. The molecule has 0 bridgehead atoms. The van der Waals surface area contributed by atoms with Crippen LogP contribution in [-0.2, 0) is 4.79 Å². The molecule has 0 unspecified atom stereocenters. The van der Waals surface area contributed by atoms with E-state index in [1.54, 1.807) is 25.3 Å². The standard InChI is InChI=1S/C13H18N2O3.ClH/c1-3-18-11-8-9(4-5-10(11)17-2)15-12(16)13(14)6-7-13;/h4-5,8H,3,6-7,14H2,1-2H3,(H,15,16);1H. The topological polar surface area (TPSA) is 73.6 Å². The van der Waals surface area contributed by atoms with E-state index in [9.17, 15) is 4.79 Å². The number of carbonyl (C=O) groups is 1. The monoisotopic (exact) mass is 286 g/mol. The van der Waals surface area contributed by atoms with Crippen LogP contribution in [0.15, 0.2) is 18.2 Å². The number of rotatable bonds is 5. The quantitative estimate of drug-likeness (QED) is 0.868. The average molecular weight is 287 g/mol. The molecule has 0 radical (unpaired) electrons. The smallest absolute Gasteiger partial charge is 0.244 e. The molecule has 0 atom stereocenters. The predicted octanol–water partition coefficient (Wildman–Crippen LogP) is 1.95. The van der Waals surface area contributed by atoms with Gasteiger partial charge in [0.1, 0.15) is 0 Å². The van der Waals surface area contributed by atoms with E-state index in [-0.39, 0.29) is 18.3 Å². The molecule has 1 amide bonds. The lowest BCUT2D eigenvalue weighted by atomic mass is 10.2. The number of carbonyl (C=O) groups excluding carboxylic acids is 1. The zero-order valence-electron chi connectivity index (χ0n) is 11.1. The first-order valence-electron chi connectivity index (χ1n) is 6.00. The highest BCUT2D eigenvalue weighted by atomic mass is 35.5. The lowest BCUT2D eigenvalue weighted by Crippen LogP contribution is -2.37. The lowest BCUT2D eigenvalue weighted by Gasteiger charge is -2.13. The van der Waals surface area contributed by atoms with Crippen molar-refractivity contribution in [2.75, 3.05) is 19.0 Å². The molecule has 2 rings (SSSR count). The maximum atomic E-state index is 11.8. The first-order chi connectivity index (χ1) is 8.59. The number of methoxy groups -OCH3 is 1. The van der Waals surface area contributed by atoms with Crippen molar-refractivity contribution in [3.05, 3.63) is 18.2 Å². The molecular formula is C13H19ClN2O3. The van der Waals surface area contributed by atoms with Gasteiger partial charge in [-0.1, -0.05) is 0 Å². The van der Waals surface area contributed by atoms with Crippen molar-refractivity contribution in [1.82, 2.24) is 0 Å². The summed E-state index contributed by atoms with van der Waals surface area (Å²) in [4.78, 5) is 11.8. The summed E-state index contributed by atoms with van der Waals surface area (Å²) in [6, 6.07) is 5.27. The summed E-state index contributed by atoms with van der Waals surface area (Å²) in [5.74, 6) is 1.11. The third kappa shape index (κ3) is 3.52. The van der Waals surface area contributed by atoms with Gasteiger partial charge in [-0.05, 0) is 31.9 Å². The number of ether oxygens (including phenoxy) is 2. The average Bonchev–Trinajstić information content (AvgIpc) is 3.10. The molecule has 106 valence electrons. The number of hydrogen-bond donors (Lipinski definition) is 2. The summed E-state index contributed by atoms with van der Waals surface area (Å²) in [5.41, 5.74) is 5.82. The van der Waals surface area contributed by atoms with E-state index in [4.69, 9.17) is 15.2 Å². The highest BCUT2D eigenvalue weighted by Crippen LogP contribution is 2.35. The van der Waals surface area contributed by atoms with Crippen LogP contribution in [0.3, 0.4) is 0 Å². The van der Waals surface area contributed by atoms with Gasteiger partial charge < -0.3 is 20.5 Å². The molecule has 1 aromatic carbocycles. The van der Waals surface area contributed by atoms with Crippen LogP contribution in [0.5, 0.6) is 11.5 Å². The van der Waals surface area contributed by atoms with Crippen LogP contribution in [-0.4, -0.2) is 25.2 Å². The van der Waals surface area contributed by atoms with E-state index in [2.05, 4.69) is 5.32 Å². The van der Waals surface area contributed by atoms with Gasteiger partial charge in [0.25, 0.3) is 0 Å². The minimum absolute atomic E-state index is 0. The van der Waals surface area contributed by atoms with Crippen LogP contribution >= 0.6 is 12.4 Å². The summed E-state index contributed by atoms with van der Waals surface area (Å²) >= 11 is 0. The van der Waals surface area contributed by atoms with E-state index in [0.717, 1.165) is 12.8 Å². The molecule has 1 aliphatic carbocycles. The molecule has 1 saturated carbocycles. The van der Waals surface area contributed by atoms with Gasteiger partial charge in [0.05, 0.1) is 19.3 Å². The Labute approximate surface area is 118 Å². The minimum Gasteiger partial charge on any atom is -0.493 e. The Balaban J connectivity index is 0.00000180. The van der Waals surface area contributed by atoms with E-state index in [0.29, 0.717) is 23.8 Å².